The number of carbonyl (C=O) groups excluding carboxylic acids is 1. The zero-order chi connectivity index (χ0) is 20.0. The first kappa shape index (κ1) is 20.6. The quantitative estimate of drug-likeness (QED) is 0.692. The largest absolute Gasteiger partial charge is 0.495 e. The number of benzene rings is 1. The van der Waals surface area contributed by atoms with Crippen LogP contribution >= 0.6 is 11.8 Å². The molecule has 1 saturated heterocycles. The highest BCUT2D eigenvalue weighted by atomic mass is 32.2. The maximum atomic E-state index is 12.6. The Kier molecular flexibility index (Phi) is 6.93. The Morgan fingerprint density at radius 2 is 1.93 bits per heavy atom. The molecule has 28 heavy (non-hydrogen) atoms. The lowest BCUT2D eigenvalue weighted by molar-refractivity contribution is -0.113. The SMILES string of the molecule is COc1ccccc1NC(=O)CSc1ccc(S(=O)(=O)N2CCCCC2)cn1. The summed E-state index contributed by atoms with van der Waals surface area (Å²) in [5.41, 5.74) is 0.603. The summed E-state index contributed by atoms with van der Waals surface area (Å²) >= 11 is 1.24. The van der Waals surface area contributed by atoms with Crippen LogP contribution in [0, 0.1) is 0 Å². The monoisotopic (exact) mass is 421 g/mol. The van der Waals surface area contributed by atoms with Crippen LogP contribution in [0.25, 0.3) is 0 Å². The lowest BCUT2D eigenvalue weighted by Gasteiger charge is -2.25. The average molecular weight is 422 g/mol. The van der Waals surface area contributed by atoms with Gasteiger partial charge < -0.3 is 10.1 Å². The van der Waals surface area contributed by atoms with Gasteiger partial charge in [-0.15, -0.1) is 0 Å². The van der Waals surface area contributed by atoms with Crippen LogP contribution in [-0.4, -0.2) is 49.6 Å². The number of sulfonamides is 1. The van der Waals surface area contributed by atoms with Gasteiger partial charge >= 0.3 is 0 Å². The molecule has 1 aliphatic heterocycles. The Morgan fingerprint density at radius 3 is 2.61 bits per heavy atom. The van der Waals surface area contributed by atoms with Crippen molar-refractivity contribution in [2.45, 2.75) is 29.2 Å². The molecular formula is C19H23N3O4S2. The second kappa shape index (κ2) is 9.40. The zero-order valence-corrected chi connectivity index (χ0v) is 17.3. The summed E-state index contributed by atoms with van der Waals surface area (Å²) in [7, 11) is -1.95. The highest BCUT2D eigenvalue weighted by molar-refractivity contribution is 7.99. The van der Waals surface area contributed by atoms with Crippen molar-refractivity contribution in [3.05, 3.63) is 42.6 Å². The third-order valence-electron chi connectivity index (χ3n) is 4.39. The van der Waals surface area contributed by atoms with Gasteiger partial charge in [0, 0.05) is 19.3 Å². The maximum Gasteiger partial charge on any atom is 0.244 e. The van der Waals surface area contributed by atoms with Crippen LogP contribution in [-0.2, 0) is 14.8 Å². The summed E-state index contributed by atoms with van der Waals surface area (Å²) in [6, 6.07) is 10.4. The molecule has 0 spiro atoms. The Labute approximate surface area is 169 Å². The van der Waals surface area contributed by atoms with Gasteiger partial charge in [0.25, 0.3) is 0 Å². The number of para-hydroxylation sites is 2. The van der Waals surface area contributed by atoms with Crippen molar-refractivity contribution in [1.29, 1.82) is 0 Å². The molecule has 2 heterocycles. The van der Waals surface area contributed by atoms with Gasteiger partial charge in [-0.1, -0.05) is 30.3 Å². The van der Waals surface area contributed by atoms with Gasteiger partial charge in [-0.3, -0.25) is 4.79 Å². The Bertz CT molecular complexity index is 911. The van der Waals surface area contributed by atoms with E-state index in [2.05, 4.69) is 10.3 Å². The van der Waals surface area contributed by atoms with E-state index in [9.17, 15) is 13.2 Å². The lowest BCUT2D eigenvalue weighted by Crippen LogP contribution is -2.35. The molecule has 1 aliphatic rings. The van der Waals surface area contributed by atoms with Gasteiger partial charge in [0.05, 0.1) is 23.6 Å². The van der Waals surface area contributed by atoms with Gasteiger partial charge in [0.15, 0.2) is 0 Å². The fourth-order valence-electron chi connectivity index (χ4n) is 2.93. The molecule has 3 rings (SSSR count). The van der Waals surface area contributed by atoms with E-state index in [1.807, 2.05) is 12.1 Å². The van der Waals surface area contributed by atoms with Crippen molar-refractivity contribution in [2.24, 2.45) is 0 Å². The van der Waals surface area contributed by atoms with Crippen LogP contribution < -0.4 is 10.1 Å². The summed E-state index contributed by atoms with van der Waals surface area (Å²) in [6.45, 7) is 1.11. The molecule has 7 nitrogen and oxygen atoms in total. The van der Waals surface area contributed by atoms with Gasteiger partial charge in [-0.2, -0.15) is 4.31 Å². The van der Waals surface area contributed by atoms with Crippen LogP contribution in [0.5, 0.6) is 5.75 Å². The van der Waals surface area contributed by atoms with Crippen LogP contribution in [0.3, 0.4) is 0 Å². The van der Waals surface area contributed by atoms with Crippen molar-refractivity contribution in [1.82, 2.24) is 9.29 Å². The number of thioether (sulfide) groups is 1. The molecule has 1 amide bonds. The predicted octanol–water partition coefficient (Wildman–Crippen LogP) is 3.00. The number of nitrogens with one attached hydrogen (secondary N) is 1. The number of carbonyl (C=O) groups is 1. The number of hydrogen-bond donors (Lipinski definition) is 1. The maximum absolute atomic E-state index is 12.6. The number of methoxy groups -OCH3 is 1. The van der Waals surface area contributed by atoms with Crippen molar-refractivity contribution < 1.29 is 17.9 Å². The molecule has 0 unspecified atom stereocenters. The van der Waals surface area contributed by atoms with E-state index >= 15 is 0 Å². The summed E-state index contributed by atoms with van der Waals surface area (Å²) in [4.78, 5) is 16.6. The molecule has 1 fully saturated rings. The smallest absolute Gasteiger partial charge is 0.244 e. The van der Waals surface area contributed by atoms with Gasteiger partial charge in [-0.05, 0) is 37.1 Å². The van der Waals surface area contributed by atoms with Gasteiger partial charge in [-0.25, -0.2) is 13.4 Å². The number of amides is 1. The standard InChI is InChI=1S/C19H23N3O4S2/c1-26-17-8-4-3-7-16(17)21-18(23)14-27-19-10-9-15(13-20-19)28(24,25)22-11-5-2-6-12-22/h3-4,7-10,13H,2,5-6,11-12,14H2,1H3,(H,21,23). The van der Waals surface area contributed by atoms with Crippen molar-refractivity contribution in [2.75, 3.05) is 31.3 Å². The van der Waals surface area contributed by atoms with E-state index in [1.54, 1.807) is 31.4 Å². The number of aromatic nitrogens is 1. The summed E-state index contributed by atoms with van der Waals surface area (Å²) < 4.78 is 32.0. The second-order valence-corrected chi connectivity index (χ2v) is 9.27. The third kappa shape index (κ3) is 5.03. The van der Waals surface area contributed by atoms with Crippen molar-refractivity contribution in [3.63, 3.8) is 0 Å². The van der Waals surface area contributed by atoms with Crippen LogP contribution in [0.4, 0.5) is 5.69 Å². The number of rotatable bonds is 7. The topological polar surface area (TPSA) is 88.6 Å². The lowest BCUT2D eigenvalue weighted by atomic mass is 10.2. The second-order valence-electron chi connectivity index (χ2n) is 6.33. The van der Waals surface area contributed by atoms with E-state index in [0.29, 0.717) is 29.6 Å². The molecular weight excluding hydrogens is 398 g/mol. The summed E-state index contributed by atoms with van der Waals surface area (Å²) in [5, 5.41) is 3.39. The highest BCUT2D eigenvalue weighted by Gasteiger charge is 2.26. The number of piperidine rings is 1. The molecule has 0 bridgehead atoms. The number of nitrogens with zero attached hydrogens (tertiary/aromatic N) is 2. The van der Waals surface area contributed by atoms with E-state index in [4.69, 9.17) is 4.74 Å². The van der Waals surface area contributed by atoms with E-state index in [0.717, 1.165) is 19.3 Å². The van der Waals surface area contributed by atoms with E-state index in [-0.39, 0.29) is 16.6 Å². The number of anilines is 1. The number of ether oxygens (including phenoxy) is 1. The molecule has 2 aromatic rings. The fourth-order valence-corrected chi connectivity index (χ4v) is 5.04. The first-order chi connectivity index (χ1) is 13.5. The minimum atomic E-state index is -3.49. The van der Waals surface area contributed by atoms with Gasteiger partial charge in [0.1, 0.15) is 10.6 Å². The van der Waals surface area contributed by atoms with E-state index in [1.165, 1.54) is 22.3 Å². The molecule has 1 N–H and O–H groups in total. The molecule has 150 valence electrons. The average Bonchev–Trinajstić information content (AvgIpc) is 2.73. The first-order valence-corrected chi connectivity index (χ1v) is 11.4. The Morgan fingerprint density at radius 1 is 1.18 bits per heavy atom. The molecule has 0 aliphatic carbocycles. The molecule has 0 atom stereocenters. The van der Waals surface area contributed by atoms with Crippen molar-refractivity contribution >= 4 is 33.4 Å². The Balaban J connectivity index is 1.57. The number of hydrogen-bond acceptors (Lipinski definition) is 6. The molecule has 0 saturated carbocycles. The predicted molar refractivity (Wildman–Crippen MR) is 109 cm³/mol. The normalized spacial score (nSPS) is 15.2. The molecule has 1 aromatic heterocycles. The Hall–Kier alpha value is -2.10. The zero-order valence-electron chi connectivity index (χ0n) is 15.6. The third-order valence-corrected chi connectivity index (χ3v) is 7.22. The van der Waals surface area contributed by atoms with Crippen LogP contribution in [0.15, 0.2) is 52.5 Å². The summed E-state index contributed by atoms with van der Waals surface area (Å²) in [6.07, 6.45) is 4.21. The molecule has 0 radical (unpaired) electrons. The fraction of sp³-hybridized carbons (Fsp3) is 0.368. The molecule has 1 aromatic carbocycles. The minimum Gasteiger partial charge on any atom is -0.495 e. The van der Waals surface area contributed by atoms with Gasteiger partial charge in [0.2, 0.25) is 15.9 Å². The van der Waals surface area contributed by atoms with Crippen molar-refractivity contribution in [3.8, 4) is 5.75 Å². The molecule has 9 heteroatoms. The minimum absolute atomic E-state index is 0.156. The summed E-state index contributed by atoms with van der Waals surface area (Å²) in [5.74, 6) is 0.552. The number of pyridine rings is 1. The van der Waals surface area contributed by atoms with E-state index < -0.39 is 10.0 Å². The highest BCUT2D eigenvalue weighted by Crippen LogP contribution is 2.25. The van der Waals surface area contributed by atoms with Crippen LogP contribution in [0.1, 0.15) is 19.3 Å². The van der Waals surface area contributed by atoms with Crippen LogP contribution in [0.2, 0.25) is 0 Å². The first-order valence-electron chi connectivity index (χ1n) is 9.02.